The predicted molar refractivity (Wildman–Crippen MR) is 160 cm³/mol. The third-order valence-corrected chi connectivity index (χ3v) is 7.11. The third-order valence-electron chi connectivity index (χ3n) is 7.11. The van der Waals surface area contributed by atoms with Gasteiger partial charge in [0.05, 0.1) is 56.1 Å². The topological polar surface area (TPSA) is 93.4 Å². The number of anilines is 1. The number of phenols is 1. The van der Waals surface area contributed by atoms with E-state index >= 15 is 0 Å². The molecular formula is C30H35Cl2N5O3. The van der Waals surface area contributed by atoms with E-state index in [1.54, 1.807) is 36.7 Å². The lowest BCUT2D eigenvalue weighted by Crippen LogP contribution is -2.36. The van der Waals surface area contributed by atoms with Gasteiger partial charge in [-0.05, 0) is 66.6 Å². The Balaban J connectivity index is 0.00000220. The number of benzene rings is 1. The lowest BCUT2D eigenvalue weighted by Gasteiger charge is -2.31. The minimum atomic E-state index is -0.325. The van der Waals surface area contributed by atoms with E-state index in [0.717, 1.165) is 53.0 Å². The molecule has 1 atom stereocenters. The fourth-order valence-electron chi connectivity index (χ4n) is 5.02. The number of carbonyl (C=O) groups is 1. The van der Waals surface area contributed by atoms with Crippen LogP contribution in [0.5, 0.6) is 11.5 Å². The highest BCUT2D eigenvalue weighted by Crippen LogP contribution is 2.38. The Morgan fingerprint density at radius 1 is 1.10 bits per heavy atom. The first kappa shape index (κ1) is 30.9. The van der Waals surface area contributed by atoms with Gasteiger partial charge < -0.3 is 14.7 Å². The van der Waals surface area contributed by atoms with Crippen molar-refractivity contribution >= 4 is 36.4 Å². The zero-order chi connectivity index (χ0) is 26.6. The molecule has 0 saturated heterocycles. The molecule has 3 heterocycles. The average Bonchev–Trinajstić information content (AvgIpc) is 3.38. The number of aromatic nitrogens is 4. The number of fused-ring (bicyclic) bond motifs is 1. The number of hydrogen-bond acceptors (Lipinski definition) is 6. The highest BCUT2D eigenvalue weighted by Gasteiger charge is 2.32. The van der Waals surface area contributed by atoms with Crippen LogP contribution in [0.15, 0.2) is 67.3 Å². The molecule has 0 bridgehead atoms. The molecule has 212 valence electrons. The molecule has 1 N–H and O–H groups in total. The molecule has 0 radical (unpaired) electrons. The van der Waals surface area contributed by atoms with Crippen molar-refractivity contribution in [2.75, 3.05) is 12.0 Å². The van der Waals surface area contributed by atoms with Crippen LogP contribution in [0.25, 0.3) is 0 Å². The van der Waals surface area contributed by atoms with Crippen LogP contribution in [0.2, 0.25) is 0 Å². The lowest BCUT2D eigenvalue weighted by atomic mass is 9.81. The van der Waals surface area contributed by atoms with E-state index < -0.39 is 0 Å². The minimum absolute atomic E-state index is 0. The average molecular weight is 585 g/mol. The predicted octanol–water partition coefficient (Wildman–Crippen LogP) is 6.06. The highest BCUT2D eigenvalue weighted by molar-refractivity contribution is 5.98. The summed E-state index contributed by atoms with van der Waals surface area (Å²) in [6.45, 7) is 5.07. The fraction of sp³-hybridized carbons (Fsp3) is 0.333. The second-order valence-electron chi connectivity index (χ2n) is 10.0. The van der Waals surface area contributed by atoms with Crippen molar-refractivity contribution in [2.45, 2.75) is 58.0 Å². The summed E-state index contributed by atoms with van der Waals surface area (Å²) in [7, 11) is 1.62. The number of aromatic hydroxyl groups is 1. The summed E-state index contributed by atoms with van der Waals surface area (Å²) >= 11 is 0. The Hall–Kier alpha value is -3.62. The molecule has 1 aliphatic rings. The molecule has 0 saturated carbocycles. The van der Waals surface area contributed by atoms with Gasteiger partial charge in [0.25, 0.3) is 0 Å². The zero-order valence-corrected chi connectivity index (χ0v) is 24.5. The van der Waals surface area contributed by atoms with Gasteiger partial charge in [0.2, 0.25) is 5.91 Å². The number of rotatable bonds is 8. The Morgan fingerprint density at radius 3 is 2.60 bits per heavy atom. The Bertz CT molecular complexity index is 1410. The van der Waals surface area contributed by atoms with Gasteiger partial charge in [0.15, 0.2) is 0 Å². The van der Waals surface area contributed by atoms with Crippen molar-refractivity contribution in [1.29, 1.82) is 0 Å². The SMILES string of the molecule is COc1ccc(Cn2cc(CN(C(=O)C3CCCc4c(O)cccc43)c3ccc(C(C)C)nc3)cn2)nc1.Cl.Cl. The Kier molecular flexibility index (Phi) is 10.5. The Morgan fingerprint density at radius 2 is 1.93 bits per heavy atom. The van der Waals surface area contributed by atoms with Gasteiger partial charge in [-0.3, -0.25) is 19.4 Å². The van der Waals surface area contributed by atoms with Gasteiger partial charge in [-0.15, -0.1) is 24.8 Å². The first-order chi connectivity index (χ1) is 18.4. The molecule has 1 aromatic carbocycles. The molecular weight excluding hydrogens is 549 g/mol. The molecule has 10 heteroatoms. The highest BCUT2D eigenvalue weighted by atomic mass is 35.5. The van der Waals surface area contributed by atoms with Crippen LogP contribution in [0.4, 0.5) is 5.69 Å². The van der Waals surface area contributed by atoms with Crippen LogP contribution in [0.3, 0.4) is 0 Å². The number of methoxy groups -OCH3 is 1. The maximum absolute atomic E-state index is 14.1. The van der Waals surface area contributed by atoms with Gasteiger partial charge in [-0.25, -0.2) is 0 Å². The summed E-state index contributed by atoms with van der Waals surface area (Å²) in [6, 6.07) is 13.2. The minimum Gasteiger partial charge on any atom is -0.508 e. The van der Waals surface area contributed by atoms with Gasteiger partial charge >= 0.3 is 0 Å². The van der Waals surface area contributed by atoms with Crippen molar-refractivity contribution in [3.8, 4) is 11.5 Å². The van der Waals surface area contributed by atoms with Crippen LogP contribution in [0.1, 0.15) is 66.6 Å². The number of ether oxygens (including phenoxy) is 1. The maximum atomic E-state index is 14.1. The summed E-state index contributed by atoms with van der Waals surface area (Å²) in [4.78, 5) is 25.0. The van der Waals surface area contributed by atoms with Crippen LogP contribution < -0.4 is 9.64 Å². The van der Waals surface area contributed by atoms with Gasteiger partial charge in [0, 0.05) is 17.5 Å². The van der Waals surface area contributed by atoms with Gasteiger partial charge in [-0.1, -0.05) is 26.0 Å². The monoisotopic (exact) mass is 583 g/mol. The summed E-state index contributed by atoms with van der Waals surface area (Å²) in [5.74, 6) is 0.947. The van der Waals surface area contributed by atoms with Crippen molar-refractivity contribution in [2.24, 2.45) is 0 Å². The largest absolute Gasteiger partial charge is 0.508 e. The molecule has 4 aromatic rings. The summed E-state index contributed by atoms with van der Waals surface area (Å²) in [6.07, 6.45) is 9.59. The molecule has 1 aliphatic carbocycles. The molecule has 0 fully saturated rings. The van der Waals surface area contributed by atoms with E-state index in [4.69, 9.17) is 4.74 Å². The molecule has 0 aliphatic heterocycles. The molecule has 3 aromatic heterocycles. The molecule has 5 rings (SSSR count). The number of phenolic OH excluding ortho intramolecular Hbond substituents is 1. The molecule has 8 nitrogen and oxygen atoms in total. The number of carbonyl (C=O) groups excluding carboxylic acids is 1. The number of pyridine rings is 2. The molecule has 1 amide bonds. The van der Waals surface area contributed by atoms with Crippen molar-refractivity contribution < 1.29 is 14.6 Å². The van der Waals surface area contributed by atoms with Crippen LogP contribution in [-0.2, 0) is 24.3 Å². The van der Waals surface area contributed by atoms with Crippen LogP contribution >= 0.6 is 24.8 Å². The van der Waals surface area contributed by atoms with Crippen LogP contribution in [0, 0.1) is 0 Å². The Labute approximate surface area is 247 Å². The van der Waals surface area contributed by atoms with E-state index in [1.165, 1.54) is 0 Å². The van der Waals surface area contributed by atoms with Crippen molar-refractivity contribution in [1.82, 2.24) is 19.7 Å². The van der Waals surface area contributed by atoms with Crippen molar-refractivity contribution in [3.05, 3.63) is 95.3 Å². The standard InChI is InChI=1S/C30H33N5O3.2ClH/c1-20(2)28-13-11-23(15-32-28)35(30(37)27-8-4-7-26-25(27)6-5-9-29(26)36)18-21-14-33-34(17-21)19-22-10-12-24(38-3)16-31-22;;/h5-6,9-17,20,27,36H,4,7-8,18-19H2,1-3H3;2*1H. The lowest BCUT2D eigenvalue weighted by molar-refractivity contribution is -0.120. The number of halogens is 2. The first-order valence-corrected chi connectivity index (χ1v) is 13.0. The van der Waals surface area contributed by atoms with Gasteiger partial charge in [-0.2, -0.15) is 5.10 Å². The zero-order valence-electron chi connectivity index (χ0n) is 22.9. The fourth-order valence-corrected chi connectivity index (χ4v) is 5.02. The number of nitrogens with zero attached hydrogens (tertiary/aromatic N) is 5. The van der Waals surface area contributed by atoms with Crippen LogP contribution in [-0.4, -0.2) is 37.9 Å². The summed E-state index contributed by atoms with van der Waals surface area (Å²) < 4.78 is 7.01. The molecule has 1 unspecified atom stereocenters. The van der Waals surface area contributed by atoms with E-state index in [0.29, 0.717) is 24.8 Å². The van der Waals surface area contributed by atoms with E-state index in [2.05, 4.69) is 28.9 Å². The smallest absolute Gasteiger partial charge is 0.234 e. The van der Waals surface area contributed by atoms with E-state index in [-0.39, 0.29) is 42.4 Å². The molecule has 40 heavy (non-hydrogen) atoms. The normalized spacial score (nSPS) is 14.1. The number of hydrogen-bond donors (Lipinski definition) is 1. The summed E-state index contributed by atoms with van der Waals surface area (Å²) in [5.41, 5.74) is 5.29. The van der Waals surface area contributed by atoms with Crippen molar-refractivity contribution in [3.63, 3.8) is 0 Å². The molecule has 0 spiro atoms. The van der Waals surface area contributed by atoms with Gasteiger partial charge in [0.1, 0.15) is 11.5 Å². The second kappa shape index (κ2) is 13.6. The quantitative estimate of drug-likeness (QED) is 0.271. The van der Waals surface area contributed by atoms with E-state index in [1.807, 2.05) is 47.3 Å². The first-order valence-electron chi connectivity index (χ1n) is 13.0. The van der Waals surface area contributed by atoms with E-state index in [9.17, 15) is 9.90 Å². The summed E-state index contributed by atoms with van der Waals surface area (Å²) in [5, 5.41) is 14.9. The second-order valence-corrected chi connectivity index (χ2v) is 10.0. The number of amides is 1. The maximum Gasteiger partial charge on any atom is 0.234 e. The third kappa shape index (κ3) is 6.74.